The molecule has 1 saturated carbocycles. The van der Waals surface area contributed by atoms with Gasteiger partial charge in [0, 0.05) is 6.04 Å². The van der Waals surface area contributed by atoms with Gasteiger partial charge in [0.25, 0.3) is 0 Å². The summed E-state index contributed by atoms with van der Waals surface area (Å²) in [4.78, 5) is 0. The summed E-state index contributed by atoms with van der Waals surface area (Å²) in [5, 5.41) is 10.2. The number of hydrogen-bond acceptors (Lipinski definition) is 2. The highest BCUT2D eigenvalue weighted by Crippen LogP contribution is 2.35. The largest absolute Gasteiger partial charge is 0.390 e. The first kappa shape index (κ1) is 10.0. The molecule has 1 unspecified atom stereocenters. The van der Waals surface area contributed by atoms with Crippen molar-refractivity contribution in [3.63, 3.8) is 0 Å². The van der Waals surface area contributed by atoms with Crippen LogP contribution < -0.4 is 5.73 Å². The summed E-state index contributed by atoms with van der Waals surface area (Å²) in [6.07, 6.45) is 4.82. The summed E-state index contributed by atoms with van der Waals surface area (Å²) in [5.74, 6) is 0.421. The second-order valence-electron chi connectivity index (χ2n) is 4.25. The van der Waals surface area contributed by atoms with E-state index in [9.17, 15) is 5.11 Å². The fourth-order valence-electron chi connectivity index (χ4n) is 2.01. The van der Waals surface area contributed by atoms with Gasteiger partial charge < -0.3 is 10.8 Å². The fourth-order valence-corrected chi connectivity index (χ4v) is 2.01. The highest BCUT2D eigenvalue weighted by Gasteiger charge is 2.35. The Hall–Kier alpha value is -0.0800. The van der Waals surface area contributed by atoms with Gasteiger partial charge in [0.2, 0.25) is 0 Å². The lowest BCUT2D eigenvalue weighted by molar-refractivity contribution is -0.0474. The van der Waals surface area contributed by atoms with E-state index in [0.29, 0.717) is 12.0 Å². The molecule has 0 bridgehead atoms. The molecule has 12 heavy (non-hydrogen) atoms. The Morgan fingerprint density at radius 3 is 2.42 bits per heavy atom. The summed E-state index contributed by atoms with van der Waals surface area (Å²) < 4.78 is 0. The summed E-state index contributed by atoms with van der Waals surface area (Å²) >= 11 is 0. The van der Waals surface area contributed by atoms with E-state index in [1.807, 2.05) is 0 Å². The standard InChI is InChI=1S/C10H21NO/c1-3-8(2)10(12)6-4-9(11)5-7-10/h8-9,12H,3-7,11H2,1-2H3. The van der Waals surface area contributed by atoms with E-state index in [2.05, 4.69) is 13.8 Å². The Morgan fingerprint density at radius 2 is 2.00 bits per heavy atom. The zero-order chi connectivity index (χ0) is 9.19. The minimum Gasteiger partial charge on any atom is -0.390 e. The van der Waals surface area contributed by atoms with E-state index in [1.54, 1.807) is 0 Å². The molecule has 0 aliphatic heterocycles. The van der Waals surface area contributed by atoms with Crippen molar-refractivity contribution in [1.82, 2.24) is 0 Å². The average molecular weight is 171 g/mol. The normalized spacial score (nSPS) is 39.5. The minimum absolute atomic E-state index is 0.328. The van der Waals surface area contributed by atoms with Crippen molar-refractivity contribution >= 4 is 0 Å². The fraction of sp³-hybridized carbons (Fsp3) is 1.00. The maximum Gasteiger partial charge on any atom is 0.0674 e. The molecule has 1 aliphatic rings. The lowest BCUT2D eigenvalue weighted by Crippen LogP contribution is -2.43. The topological polar surface area (TPSA) is 46.2 Å². The SMILES string of the molecule is CCC(C)C1(O)CCC(N)CC1. The van der Waals surface area contributed by atoms with Crippen LogP contribution in [-0.2, 0) is 0 Å². The van der Waals surface area contributed by atoms with Gasteiger partial charge in [-0.25, -0.2) is 0 Å². The predicted molar refractivity (Wildman–Crippen MR) is 50.8 cm³/mol. The Balaban J connectivity index is 2.49. The van der Waals surface area contributed by atoms with Gasteiger partial charge in [-0.1, -0.05) is 20.3 Å². The molecule has 1 aliphatic carbocycles. The molecule has 3 N–H and O–H groups in total. The van der Waals surface area contributed by atoms with E-state index >= 15 is 0 Å². The van der Waals surface area contributed by atoms with Crippen molar-refractivity contribution in [3.8, 4) is 0 Å². The second kappa shape index (κ2) is 3.75. The van der Waals surface area contributed by atoms with Gasteiger partial charge in [0.15, 0.2) is 0 Å². The van der Waals surface area contributed by atoms with E-state index in [1.165, 1.54) is 0 Å². The Labute approximate surface area is 75.2 Å². The average Bonchev–Trinajstić information content (AvgIpc) is 2.09. The minimum atomic E-state index is -0.412. The van der Waals surface area contributed by atoms with Crippen LogP contribution in [-0.4, -0.2) is 16.7 Å². The Morgan fingerprint density at radius 1 is 1.50 bits per heavy atom. The van der Waals surface area contributed by atoms with Crippen LogP contribution in [0, 0.1) is 5.92 Å². The Kier molecular flexibility index (Phi) is 3.13. The van der Waals surface area contributed by atoms with Gasteiger partial charge in [-0.3, -0.25) is 0 Å². The van der Waals surface area contributed by atoms with E-state index in [4.69, 9.17) is 5.73 Å². The van der Waals surface area contributed by atoms with Crippen molar-refractivity contribution in [3.05, 3.63) is 0 Å². The van der Waals surface area contributed by atoms with Crippen molar-refractivity contribution in [2.75, 3.05) is 0 Å². The summed E-state index contributed by atoms with van der Waals surface area (Å²) in [6.45, 7) is 4.27. The van der Waals surface area contributed by atoms with Crippen LogP contribution in [0.2, 0.25) is 0 Å². The lowest BCUT2D eigenvalue weighted by atomic mass is 9.74. The molecule has 0 aromatic carbocycles. The smallest absolute Gasteiger partial charge is 0.0674 e. The molecule has 1 atom stereocenters. The van der Waals surface area contributed by atoms with Crippen LogP contribution in [0.4, 0.5) is 0 Å². The molecule has 0 radical (unpaired) electrons. The van der Waals surface area contributed by atoms with Gasteiger partial charge in [-0.15, -0.1) is 0 Å². The number of rotatable bonds is 2. The van der Waals surface area contributed by atoms with E-state index in [-0.39, 0.29) is 0 Å². The maximum atomic E-state index is 10.2. The van der Waals surface area contributed by atoms with Crippen LogP contribution in [0.1, 0.15) is 46.0 Å². The third kappa shape index (κ3) is 1.99. The molecular formula is C10H21NO. The van der Waals surface area contributed by atoms with Crippen molar-refractivity contribution in [2.45, 2.75) is 57.6 Å². The zero-order valence-electron chi connectivity index (χ0n) is 8.21. The summed E-state index contributed by atoms with van der Waals surface area (Å²) in [6, 6.07) is 0.328. The van der Waals surface area contributed by atoms with Crippen molar-refractivity contribution in [2.24, 2.45) is 11.7 Å². The first-order chi connectivity index (χ1) is 5.58. The number of nitrogens with two attached hydrogens (primary N) is 1. The number of hydrogen-bond donors (Lipinski definition) is 2. The van der Waals surface area contributed by atoms with Crippen molar-refractivity contribution in [1.29, 1.82) is 0 Å². The molecule has 0 aromatic rings. The third-order valence-electron chi connectivity index (χ3n) is 3.43. The first-order valence-corrected chi connectivity index (χ1v) is 5.06. The monoisotopic (exact) mass is 171 g/mol. The first-order valence-electron chi connectivity index (χ1n) is 5.06. The number of aliphatic hydroxyl groups is 1. The van der Waals surface area contributed by atoms with Gasteiger partial charge in [0.1, 0.15) is 0 Å². The van der Waals surface area contributed by atoms with Crippen LogP contribution in [0.15, 0.2) is 0 Å². The van der Waals surface area contributed by atoms with Crippen LogP contribution >= 0.6 is 0 Å². The van der Waals surface area contributed by atoms with Crippen LogP contribution in [0.5, 0.6) is 0 Å². The highest BCUT2D eigenvalue weighted by atomic mass is 16.3. The third-order valence-corrected chi connectivity index (χ3v) is 3.43. The van der Waals surface area contributed by atoms with Crippen LogP contribution in [0.25, 0.3) is 0 Å². The van der Waals surface area contributed by atoms with Crippen molar-refractivity contribution < 1.29 is 5.11 Å². The highest BCUT2D eigenvalue weighted by molar-refractivity contribution is 4.89. The quantitative estimate of drug-likeness (QED) is 0.664. The second-order valence-corrected chi connectivity index (χ2v) is 4.25. The molecule has 1 fully saturated rings. The zero-order valence-corrected chi connectivity index (χ0v) is 8.21. The molecular weight excluding hydrogens is 150 g/mol. The van der Waals surface area contributed by atoms with Crippen LogP contribution in [0.3, 0.4) is 0 Å². The lowest BCUT2D eigenvalue weighted by Gasteiger charge is -2.39. The van der Waals surface area contributed by atoms with Gasteiger partial charge in [-0.05, 0) is 31.6 Å². The van der Waals surface area contributed by atoms with E-state index in [0.717, 1.165) is 32.1 Å². The summed E-state index contributed by atoms with van der Waals surface area (Å²) in [5.41, 5.74) is 5.37. The molecule has 1 rings (SSSR count). The van der Waals surface area contributed by atoms with E-state index < -0.39 is 5.60 Å². The molecule has 0 spiro atoms. The molecule has 0 heterocycles. The maximum absolute atomic E-state index is 10.2. The molecule has 2 nitrogen and oxygen atoms in total. The molecule has 0 aromatic heterocycles. The predicted octanol–water partition coefficient (Wildman–Crippen LogP) is 1.66. The van der Waals surface area contributed by atoms with Gasteiger partial charge in [-0.2, -0.15) is 0 Å². The molecule has 0 saturated heterocycles. The van der Waals surface area contributed by atoms with Gasteiger partial charge in [0.05, 0.1) is 5.60 Å². The molecule has 2 heteroatoms. The summed E-state index contributed by atoms with van der Waals surface area (Å²) in [7, 11) is 0. The Bertz CT molecular complexity index is 139. The molecule has 0 amide bonds. The molecule has 72 valence electrons. The van der Waals surface area contributed by atoms with Gasteiger partial charge >= 0.3 is 0 Å².